The summed E-state index contributed by atoms with van der Waals surface area (Å²) in [6, 6.07) is 8.46. The highest BCUT2D eigenvalue weighted by molar-refractivity contribution is 7.99. The van der Waals surface area contributed by atoms with E-state index in [-0.39, 0.29) is 5.25 Å². The van der Waals surface area contributed by atoms with Crippen molar-refractivity contribution in [1.82, 2.24) is 14.8 Å². The lowest BCUT2D eigenvalue weighted by Gasteiger charge is -2.17. The second-order valence-corrected chi connectivity index (χ2v) is 6.73. The lowest BCUT2D eigenvalue weighted by Crippen LogP contribution is -2.12. The van der Waals surface area contributed by atoms with Crippen LogP contribution in [0.3, 0.4) is 0 Å². The van der Waals surface area contributed by atoms with Gasteiger partial charge in [0.1, 0.15) is 5.82 Å². The van der Waals surface area contributed by atoms with Gasteiger partial charge >= 0.3 is 0 Å². The molecule has 0 bridgehead atoms. The van der Waals surface area contributed by atoms with Crippen molar-refractivity contribution in [2.75, 3.05) is 6.54 Å². The zero-order valence-electron chi connectivity index (χ0n) is 12.5. The molecule has 21 heavy (non-hydrogen) atoms. The molecule has 2 aromatic rings. The van der Waals surface area contributed by atoms with Crippen molar-refractivity contribution in [2.45, 2.75) is 49.6 Å². The first-order valence-corrected chi connectivity index (χ1v) is 8.52. The van der Waals surface area contributed by atoms with Crippen LogP contribution in [0.5, 0.6) is 0 Å². The fourth-order valence-electron chi connectivity index (χ4n) is 2.86. The maximum Gasteiger partial charge on any atom is 0.191 e. The second kappa shape index (κ2) is 6.62. The van der Waals surface area contributed by atoms with Crippen molar-refractivity contribution in [3.05, 3.63) is 41.2 Å². The number of aromatic nitrogens is 3. The molecule has 1 aliphatic heterocycles. The normalized spacial score (nSPS) is 16.3. The molecular formula is C16H22N4S. The molecule has 3 rings (SSSR count). The summed E-state index contributed by atoms with van der Waals surface area (Å²) >= 11 is 1.75. The van der Waals surface area contributed by atoms with Gasteiger partial charge in [0.05, 0.1) is 0 Å². The third-order valence-corrected chi connectivity index (χ3v) is 5.32. The largest absolute Gasteiger partial charge is 0.329 e. The molecule has 2 heterocycles. The van der Waals surface area contributed by atoms with Gasteiger partial charge in [0.15, 0.2) is 5.16 Å². The molecule has 0 amide bonds. The van der Waals surface area contributed by atoms with Gasteiger partial charge in [-0.2, -0.15) is 0 Å². The van der Waals surface area contributed by atoms with Gasteiger partial charge in [0.25, 0.3) is 0 Å². The van der Waals surface area contributed by atoms with Gasteiger partial charge in [-0.25, -0.2) is 0 Å². The molecule has 1 aliphatic rings. The second-order valence-electron chi connectivity index (χ2n) is 5.56. The molecule has 0 saturated heterocycles. The van der Waals surface area contributed by atoms with E-state index in [1.807, 2.05) is 0 Å². The van der Waals surface area contributed by atoms with Gasteiger partial charge < -0.3 is 10.3 Å². The van der Waals surface area contributed by atoms with Gasteiger partial charge in [0, 0.05) is 24.8 Å². The van der Waals surface area contributed by atoms with Gasteiger partial charge in [-0.05, 0) is 30.9 Å². The third kappa shape index (κ3) is 3.14. The number of rotatable bonds is 4. The molecule has 0 spiro atoms. The number of hydrogen-bond acceptors (Lipinski definition) is 4. The highest BCUT2D eigenvalue weighted by Crippen LogP contribution is 2.35. The fourth-order valence-corrected chi connectivity index (χ4v) is 4.01. The van der Waals surface area contributed by atoms with Crippen LogP contribution in [0.2, 0.25) is 0 Å². The summed E-state index contributed by atoms with van der Waals surface area (Å²) < 4.78 is 2.29. The number of aryl methyl sites for hydroxylation is 2. The summed E-state index contributed by atoms with van der Waals surface area (Å²) in [6.45, 7) is 3.79. The molecule has 1 aromatic carbocycles. The minimum Gasteiger partial charge on any atom is -0.329 e. The minimum atomic E-state index is 0.239. The average molecular weight is 302 g/mol. The molecule has 4 nitrogen and oxygen atoms in total. The van der Waals surface area contributed by atoms with E-state index in [0.717, 1.165) is 23.9 Å². The Morgan fingerprint density at radius 2 is 2.10 bits per heavy atom. The molecule has 0 radical (unpaired) electrons. The Bertz CT molecular complexity index is 608. The van der Waals surface area contributed by atoms with Crippen molar-refractivity contribution in [2.24, 2.45) is 5.73 Å². The number of benzene rings is 1. The van der Waals surface area contributed by atoms with Gasteiger partial charge in [-0.1, -0.05) is 42.4 Å². The quantitative estimate of drug-likeness (QED) is 0.882. The lowest BCUT2D eigenvalue weighted by molar-refractivity contribution is 0.590. The zero-order valence-corrected chi connectivity index (χ0v) is 13.3. The molecule has 0 aliphatic carbocycles. The summed E-state index contributed by atoms with van der Waals surface area (Å²) in [6.07, 6.45) is 4.77. The van der Waals surface area contributed by atoms with Crippen LogP contribution < -0.4 is 5.73 Å². The van der Waals surface area contributed by atoms with Crippen LogP contribution in [0.25, 0.3) is 0 Å². The van der Waals surface area contributed by atoms with E-state index in [1.165, 1.54) is 30.4 Å². The molecular weight excluding hydrogens is 280 g/mol. The number of nitrogens with two attached hydrogens (primary N) is 1. The summed E-state index contributed by atoms with van der Waals surface area (Å²) in [5.74, 6) is 1.13. The van der Waals surface area contributed by atoms with Gasteiger partial charge in [0.2, 0.25) is 0 Å². The minimum absolute atomic E-state index is 0.239. The Morgan fingerprint density at radius 3 is 2.90 bits per heavy atom. The van der Waals surface area contributed by atoms with E-state index < -0.39 is 0 Å². The fraction of sp³-hybridized carbons (Fsp3) is 0.500. The smallest absolute Gasteiger partial charge is 0.191 e. The van der Waals surface area contributed by atoms with E-state index in [1.54, 1.807) is 11.8 Å². The van der Waals surface area contributed by atoms with Gasteiger partial charge in [-0.3, -0.25) is 0 Å². The van der Waals surface area contributed by atoms with Crippen LogP contribution in [0.1, 0.15) is 41.5 Å². The zero-order chi connectivity index (χ0) is 14.7. The Kier molecular flexibility index (Phi) is 4.60. The monoisotopic (exact) mass is 302 g/mol. The Morgan fingerprint density at radius 1 is 1.24 bits per heavy atom. The SMILES string of the molecule is Cc1ccccc1C(CN)Sc1nnc2n1CCCCC2. The summed E-state index contributed by atoms with van der Waals surface area (Å²) in [7, 11) is 0. The maximum absolute atomic E-state index is 6.02. The van der Waals surface area contributed by atoms with E-state index in [9.17, 15) is 0 Å². The third-order valence-electron chi connectivity index (χ3n) is 4.07. The first-order chi connectivity index (χ1) is 10.3. The van der Waals surface area contributed by atoms with E-state index in [4.69, 9.17) is 5.73 Å². The Labute approximate surface area is 130 Å². The molecule has 1 unspecified atom stereocenters. The van der Waals surface area contributed by atoms with Crippen LogP contribution in [-0.4, -0.2) is 21.3 Å². The molecule has 0 fully saturated rings. The Balaban J connectivity index is 1.85. The summed E-state index contributed by atoms with van der Waals surface area (Å²) in [4.78, 5) is 0. The summed E-state index contributed by atoms with van der Waals surface area (Å²) in [5.41, 5.74) is 8.61. The molecule has 5 heteroatoms. The van der Waals surface area contributed by atoms with Gasteiger partial charge in [-0.15, -0.1) is 10.2 Å². The van der Waals surface area contributed by atoms with Crippen LogP contribution in [0.15, 0.2) is 29.4 Å². The van der Waals surface area contributed by atoms with Crippen LogP contribution in [0, 0.1) is 6.92 Å². The first-order valence-electron chi connectivity index (χ1n) is 7.64. The number of fused-ring (bicyclic) bond motifs is 1. The topological polar surface area (TPSA) is 56.7 Å². The van der Waals surface area contributed by atoms with Crippen molar-refractivity contribution in [1.29, 1.82) is 0 Å². The molecule has 2 N–H and O–H groups in total. The number of thioether (sulfide) groups is 1. The molecule has 1 aromatic heterocycles. The standard InChI is InChI=1S/C16H22N4S/c1-12-7-4-5-8-13(12)14(11-17)21-16-19-18-15-9-3-2-6-10-20(15)16/h4-5,7-8,14H,2-3,6,9-11,17H2,1H3. The van der Waals surface area contributed by atoms with Crippen molar-refractivity contribution >= 4 is 11.8 Å². The highest BCUT2D eigenvalue weighted by atomic mass is 32.2. The van der Waals surface area contributed by atoms with Crippen LogP contribution in [0.4, 0.5) is 0 Å². The molecule has 0 saturated carbocycles. The predicted octanol–water partition coefficient (Wildman–Crippen LogP) is 3.11. The Hall–Kier alpha value is -1.33. The van der Waals surface area contributed by atoms with Crippen LogP contribution >= 0.6 is 11.8 Å². The van der Waals surface area contributed by atoms with Crippen molar-refractivity contribution < 1.29 is 0 Å². The van der Waals surface area contributed by atoms with Crippen molar-refractivity contribution in [3.63, 3.8) is 0 Å². The van der Waals surface area contributed by atoms with E-state index >= 15 is 0 Å². The van der Waals surface area contributed by atoms with E-state index in [0.29, 0.717) is 6.54 Å². The predicted molar refractivity (Wildman–Crippen MR) is 86.4 cm³/mol. The maximum atomic E-state index is 6.02. The van der Waals surface area contributed by atoms with Crippen LogP contribution in [-0.2, 0) is 13.0 Å². The first kappa shape index (κ1) is 14.6. The lowest BCUT2D eigenvalue weighted by atomic mass is 10.1. The van der Waals surface area contributed by atoms with Crippen molar-refractivity contribution in [3.8, 4) is 0 Å². The number of hydrogen-bond donors (Lipinski definition) is 1. The summed E-state index contributed by atoms with van der Waals surface area (Å²) in [5, 5.41) is 10.0. The number of nitrogens with zero attached hydrogens (tertiary/aromatic N) is 3. The highest BCUT2D eigenvalue weighted by Gasteiger charge is 2.20. The molecule has 1 atom stereocenters. The van der Waals surface area contributed by atoms with E-state index in [2.05, 4.69) is 46.0 Å². The average Bonchev–Trinajstić information content (AvgIpc) is 2.72. The molecule has 112 valence electrons.